The number of hydrogen-bond acceptors (Lipinski definition) is 4. The second-order valence-electron chi connectivity index (χ2n) is 2.96. The van der Waals surface area contributed by atoms with Gasteiger partial charge in [-0.15, -0.1) is 0 Å². The van der Waals surface area contributed by atoms with E-state index in [0.29, 0.717) is 23.7 Å². The Hall–Kier alpha value is -2.22. The van der Waals surface area contributed by atoms with Gasteiger partial charge >= 0.3 is 0 Å². The van der Waals surface area contributed by atoms with Crippen molar-refractivity contribution in [2.75, 3.05) is 13.2 Å². The number of carbonyl (C=O) groups is 1. The summed E-state index contributed by atoms with van der Waals surface area (Å²) in [6.45, 7) is 2.05. The van der Waals surface area contributed by atoms with E-state index in [2.05, 4.69) is 0 Å². The fourth-order valence-corrected chi connectivity index (χ4v) is 1.11. The van der Waals surface area contributed by atoms with Crippen molar-refractivity contribution in [1.82, 2.24) is 0 Å². The van der Waals surface area contributed by atoms with E-state index < -0.39 is 5.91 Å². The molecule has 5 nitrogen and oxygen atoms in total. The molecule has 0 saturated heterocycles. The molecule has 1 aromatic rings. The number of nitrogens with two attached hydrogens (primary N) is 1. The first kappa shape index (κ1) is 11.9. The normalized spacial score (nSPS) is 9.25. The topological polar surface area (TPSA) is 85.3 Å². The zero-order chi connectivity index (χ0) is 12.0. The Morgan fingerprint density at radius 1 is 1.44 bits per heavy atom. The van der Waals surface area contributed by atoms with Gasteiger partial charge in [0.1, 0.15) is 0 Å². The SMILES string of the molecule is CCOc1cc(C#N)ccc1OCC(N)=O. The summed E-state index contributed by atoms with van der Waals surface area (Å²) in [6, 6.07) is 6.70. The summed E-state index contributed by atoms with van der Waals surface area (Å²) in [7, 11) is 0. The molecule has 1 rings (SSSR count). The van der Waals surface area contributed by atoms with Crippen molar-refractivity contribution in [3.63, 3.8) is 0 Å². The molecule has 0 aromatic heterocycles. The molecule has 0 aliphatic rings. The lowest BCUT2D eigenvalue weighted by Gasteiger charge is -2.10. The number of rotatable bonds is 5. The van der Waals surface area contributed by atoms with E-state index in [0.717, 1.165) is 0 Å². The zero-order valence-corrected chi connectivity index (χ0v) is 8.90. The predicted octanol–water partition coefficient (Wildman–Crippen LogP) is 0.821. The molecule has 0 bridgehead atoms. The van der Waals surface area contributed by atoms with Gasteiger partial charge in [0, 0.05) is 6.07 Å². The molecule has 5 heteroatoms. The maximum absolute atomic E-state index is 10.6. The minimum atomic E-state index is -0.563. The third-order valence-corrected chi connectivity index (χ3v) is 1.74. The number of nitrogens with zero attached hydrogens (tertiary/aromatic N) is 1. The summed E-state index contributed by atoms with van der Waals surface area (Å²) < 4.78 is 10.4. The molecule has 1 amide bonds. The maximum Gasteiger partial charge on any atom is 0.255 e. The third kappa shape index (κ3) is 3.17. The number of carbonyl (C=O) groups excluding carboxylic acids is 1. The van der Waals surface area contributed by atoms with Crippen LogP contribution >= 0.6 is 0 Å². The molecule has 0 spiro atoms. The van der Waals surface area contributed by atoms with Gasteiger partial charge in [-0.25, -0.2) is 0 Å². The molecule has 0 aliphatic carbocycles. The first-order chi connectivity index (χ1) is 7.67. The van der Waals surface area contributed by atoms with Crippen LogP contribution in [0.15, 0.2) is 18.2 Å². The monoisotopic (exact) mass is 220 g/mol. The van der Waals surface area contributed by atoms with Gasteiger partial charge in [-0.05, 0) is 19.1 Å². The molecule has 0 unspecified atom stereocenters. The highest BCUT2D eigenvalue weighted by molar-refractivity contribution is 5.75. The fraction of sp³-hybridized carbons (Fsp3) is 0.273. The molecule has 16 heavy (non-hydrogen) atoms. The fourth-order valence-electron chi connectivity index (χ4n) is 1.11. The Bertz CT molecular complexity index is 424. The maximum atomic E-state index is 10.6. The minimum absolute atomic E-state index is 0.216. The summed E-state index contributed by atoms with van der Waals surface area (Å²) in [4.78, 5) is 10.6. The highest BCUT2D eigenvalue weighted by Gasteiger charge is 2.07. The quantitative estimate of drug-likeness (QED) is 0.796. The number of hydrogen-bond donors (Lipinski definition) is 1. The van der Waals surface area contributed by atoms with Crippen molar-refractivity contribution in [3.05, 3.63) is 23.8 Å². The number of benzene rings is 1. The van der Waals surface area contributed by atoms with Gasteiger partial charge in [-0.3, -0.25) is 4.79 Å². The standard InChI is InChI=1S/C11H12N2O3/c1-2-15-10-5-8(6-12)3-4-9(10)16-7-11(13)14/h3-5H,2,7H2,1H3,(H2,13,14). The molecule has 0 radical (unpaired) electrons. The van der Waals surface area contributed by atoms with Gasteiger partial charge in [0.25, 0.3) is 5.91 Å². The summed E-state index contributed by atoms with van der Waals surface area (Å²) in [5.74, 6) is 0.272. The first-order valence-electron chi connectivity index (χ1n) is 4.75. The Morgan fingerprint density at radius 3 is 2.75 bits per heavy atom. The van der Waals surface area contributed by atoms with Gasteiger partial charge in [0.2, 0.25) is 0 Å². The van der Waals surface area contributed by atoms with E-state index >= 15 is 0 Å². The lowest BCUT2D eigenvalue weighted by atomic mass is 10.2. The van der Waals surface area contributed by atoms with Crippen LogP contribution in [0.5, 0.6) is 11.5 Å². The Balaban J connectivity index is 2.89. The van der Waals surface area contributed by atoms with Crippen molar-refractivity contribution >= 4 is 5.91 Å². The van der Waals surface area contributed by atoms with E-state index in [-0.39, 0.29) is 6.61 Å². The Morgan fingerprint density at radius 2 is 2.19 bits per heavy atom. The van der Waals surface area contributed by atoms with Gasteiger partial charge in [0.05, 0.1) is 18.2 Å². The van der Waals surface area contributed by atoms with Crippen LogP contribution in [-0.2, 0) is 4.79 Å². The largest absolute Gasteiger partial charge is 0.490 e. The molecule has 0 saturated carbocycles. The summed E-state index contributed by atoms with van der Waals surface area (Å²) in [5.41, 5.74) is 5.43. The van der Waals surface area contributed by atoms with Crippen LogP contribution in [0.2, 0.25) is 0 Å². The number of primary amides is 1. The van der Waals surface area contributed by atoms with Crippen LogP contribution in [0.4, 0.5) is 0 Å². The molecule has 1 aromatic carbocycles. The van der Waals surface area contributed by atoms with E-state index in [4.69, 9.17) is 20.5 Å². The van der Waals surface area contributed by atoms with Gasteiger partial charge < -0.3 is 15.2 Å². The van der Waals surface area contributed by atoms with E-state index in [1.165, 1.54) is 0 Å². The highest BCUT2D eigenvalue weighted by Crippen LogP contribution is 2.28. The van der Waals surface area contributed by atoms with Crippen LogP contribution in [-0.4, -0.2) is 19.1 Å². The molecule has 84 valence electrons. The summed E-state index contributed by atoms with van der Waals surface area (Å²) in [5, 5.41) is 8.72. The van der Waals surface area contributed by atoms with Crippen molar-refractivity contribution in [1.29, 1.82) is 5.26 Å². The predicted molar refractivity (Wildman–Crippen MR) is 57.0 cm³/mol. The molecule has 2 N–H and O–H groups in total. The molecule has 0 aliphatic heterocycles. The van der Waals surface area contributed by atoms with Crippen LogP contribution < -0.4 is 15.2 Å². The minimum Gasteiger partial charge on any atom is -0.490 e. The molecular weight excluding hydrogens is 208 g/mol. The van der Waals surface area contributed by atoms with E-state index in [1.54, 1.807) is 18.2 Å². The van der Waals surface area contributed by atoms with Crippen molar-refractivity contribution in [2.24, 2.45) is 5.73 Å². The molecule has 0 fully saturated rings. The van der Waals surface area contributed by atoms with Gasteiger partial charge in [-0.2, -0.15) is 5.26 Å². The van der Waals surface area contributed by atoms with E-state index in [1.807, 2.05) is 13.0 Å². The number of nitriles is 1. The lowest BCUT2D eigenvalue weighted by Crippen LogP contribution is -2.20. The first-order valence-corrected chi connectivity index (χ1v) is 4.75. The second-order valence-corrected chi connectivity index (χ2v) is 2.96. The summed E-state index contributed by atoms with van der Waals surface area (Å²) >= 11 is 0. The van der Waals surface area contributed by atoms with Gasteiger partial charge in [-0.1, -0.05) is 0 Å². The third-order valence-electron chi connectivity index (χ3n) is 1.74. The average Bonchev–Trinajstić information content (AvgIpc) is 2.27. The van der Waals surface area contributed by atoms with E-state index in [9.17, 15) is 4.79 Å². The molecule has 0 heterocycles. The van der Waals surface area contributed by atoms with Crippen LogP contribution in [0.1, 0.15) is 12.5 Å². The Kier molecular flexibility index (Phi) is 4.16. The zero-order valence-electron chi connectivity index (χ0n) is 8.90. The summed E-state index contributed by atoms with van der Waals surface area (Å²) in [6.07, 6.45) is 0. The van der Waals surface area contributed by atoms with Crippen LogP contribution in [0.3, 0.4) is 0 Å². The second kappa shape index (κ2) is 5.61. The smallest absolute Gasteiger partial charge is 0.255 e. The van der Waals surface area contributed by atoms with Crippen molar-refractivity contribution in [3.8, 4) is 17.6 Å². The average molecular weight is 220 g/mol. The number of amides is 1. The van der Waals surface area contributed by atoms with Crippen LogP contribution in [0.25, 0.3) is 0 Å². The van der Waals surface area contributed by atoms with Crippen molar-refractivity contribution in [2.45, 2.75) is 6.92 Å². The molecule has 0 atom stereocenters. The lowest BCUT2D eigenvalue weighted by molar-refractivity contribution is -0.119. The van der Waals surface area contributed by atoms with Gasteiger partial charge in [0.15, 0.2) is 18.1 Å². The molecular formula is C11H12N2O3. The van der Waals surface area contributed by atoms with Crippen molar-refractivity contribution < 1.29 is 14.3 Å². The van der Waals surface area contributed by atoms with Crippen LogP contribution in [0, 0.1) is 11.3 Å². The highest BCUT2D eigenvalue weighted by atomic mass is 16.5. The Labute approximate surface area is 93.4 Å². The number of ether oxygens (including phenoxy) is 2.